The molecule has 0 unspecified atom stereocenters. The summed E-state index contributed by atoms with van der Waals surface area (Å²) in [5.74, 6) is 2.93. The van der Waals surface area contributed by atoms with Gasteiger partial charge in [-0.05, 0) is 72.6 Å². The molecule has 0 N–H and O–H groups in total. The second-order valence-corrected chi connectivity index (χ2v) is 6.46. The molecule has 0 spiro atoms. The van der Waals surface area contributed by atoms with Gasteiger partial charge in [-0.2, -0.15) is 0 Å². The van der Waals surface area contributed by atoms with Gasteiger partial charge in [0.15, 0.2) is 23.0 Å². The van der Waals surface area contributed by atoms with E-state index in [1.54, 1.807) is 0 Å². The third-order valence-corrected chi connectivity index (χ3v) is 4.85. The summed E-state index contributed by atoms with van der Waals surface area (Å²) in [7, 11) is 0. The molecule has 0 saturated carbocycles. The lowest BCUT2D eigenvalue weighted by molar-refractivity contribution is 0.359. The molecular weight excluding hydrogens is 461 g/mol. The predicted molar refractivity (Wildman–Crippen MR) is 81.1 cm³/mol. The summed E-state index contributed by atoms with van der Waals surface area (Å²) in [6.07, 6.45) is 0. The lowest BCUT2D eigenvalue weighted by Gasteiger charge is -2.21. The van der Waals surface area contributed by atoms with Crippen molar-refractivity contribution in [1.29, 1.82) is 0 Å². The van der Waals surface area contributed by atoms with Crippen LogP contribution in [0, 0.1) is 3.57 Å². The fourth-order valence-corrected chi connectivity index (χ4v) is 2.66. The molecule has 0 fully saturated rings. The van der Waals surface area contributed by atoms with Crippen molar-refractivity contribution >= 4 is 54.5 Å². The van der Waals surface area contributed by atoms with Crippen molar-refractivity contribution in [2.75, 3.05) is 0 Å². The van der Waals surface area contributed by atoms with Gasteiger partial charge in [0.25, 0.3) is 0 Å². The van der Waals surface area contributed by atoms with Crippen LogP contribution in [0.15, 0.2) is 39.3 Å². The number of rotatable bonds is 0. The monoisotopic (exact) mass is 464 g/mol. The van der Waals surface area contributed by atoms with Crippen LogP contribution < -0.4 is 9.47 Å². The van der Waals surface area contributed by atoms with E-state index in [1.807, 2.05) is 30.3 Å². The molecule has 0 saturated heterocycles. The Morgan fingerprint density at radius 3 is 1.94 bits per heavy atom. The van der Waals surface area contributed by atoms with E-state index in [0.29, 0.717) is 5.75 Å². The number of hydrogen-bond acceptors (Lipinski definition) is 2. The maximum Gasteiger partial charge on any atom is 0.171 e. The van der Waals surface area contributed by atoms with Crippen molar-refractivity contribution < 1.29 is 9.47 Å². The van der Waals surface area contributed by atoms with E-state index in [2.05, 4.69) is 54.5 Å². The van der Waals surface area contributed by atoms with Gasteiger partial charge in [-0.3, -0.25) is 0 Å². The number of hydrogen-bond donors (Lipinski definition) is 0. The molecule has 3 rings (SSSR count). The van der Waals surface area contributed by atoms with Crippen LogP contribution in [-0.2, 0) is 0 Å². The summed E-state index contributed by atoms with van der Waals surface area (Å²) in [5.41, 5.74) is 0. The van der Waals surface area contributed by atoms with Gasteiger partial charge in [0.1, 0.15) is 0 Å². The molecule has 1 heterocycles. The van der Waals surface area contributed by atoms with Crippen LogP contribution in [0.5, 0.6) is 23.0 Å². The summed E-state index contributed by atoms with van der Waals surface area (Å²) in [5, 5.41) is 0. The Bertz CT molecular complexity index is 614. The highest BCUT2D eigenvalue weighted by Gasteiger charge is 2.20. The molecule has 2 aromatic carbocycles. The molecule has 17 heavy (non-hydrogen) atoms. The minimum Gasteiger partial charge on any atom is -0.449 e. The second kappa shape index (κ2) is 4.44. The fourth-order valence-electron chi connectivity index (χ4n) is 1.55. The summed E-state index contributed by atoms with van der Waals surface area (Å²) in [6.45, 7) is 0. The van der Waals surface area contributed by atoms with Gasteiger partial charge in [0.05, 0.1) is 0 Å². The molecule has 0 aliphatic carbocycles. The normalized spacial score (nSPS) is 12.2. The van der Waals surface area contributed by atoms with Crippen LogP contribution in [0.3, 0.4) is 0 Å². The molecule has 2 nitrogen and oxygen atoms in total. The van der Waals surface area contributed by atoms with E-state index in [1.165, 1.54) is 0 Å². The highest BCUT2D eigenvalue weighted by molar-refractivity contribution is 14.1. The number of benzene rings is 2. The average molecular weight is 466 g/mol. The average Bonchev–Trinajstić information content (AvgIpc) is 2.28. The van der Waals surface area contributed by atoms with Gasteiger partial charge in [-0.1, -0.05) is 0 Å². The predicted octanol–water partition coefficient (Wildman–Crippen LogP) is 5.71. The molecule has 5 heteroatoms. The smallest absolute Gasteiger partial charge is 0.171 e. The Hall–Kier alpha value is -0.270. The van der Waals surface area contributed by atoms with E-state index < -0.39 is 0 Å². The van der Waals surface area contributed by atoms with E-state index in [9.17, 15) is 0 Å². The van der Waals surface area contributed by atoms with Crippen molar-refractivity contribution in [2.45, 2.75) is 0 Å². The number of halogens is 3. The van der Waals surface area contributed by atoms with Crippen LogP contribution in [0.1, 0.15) is 0 Å². The van der Waals surface area contributed by atoms with Gasteiger partial charge in [0.2, 0.25) is 0 Å². The summed E-state index contributed by atoms with van der Waals surface area (Å²) in [4.78, 5) is 0. The van der Waals surface area contributed by atoms with Crippen LogP contribution in [0.4, 0.5) is 0 Å². The van der Waals surface area contributed by atoms with Crippen molar-refractivity contribution in [3.63, 3.8) is 0 Å². The minimum absolute atomic E-state index is 0.716. The number of fused-ring (bicyclic) bond motifs is 2. The lowest BCUT2D eigenvalue weighted by atomic mass is 10.2. The molecule has 1 aliphatic heterocycles. The quantitative estimate of drug-likeness (QED) is 0.396. The zero-order valence-corrected chi connectivity index (χ0v) is 13.7. The first-order valence-corrected chi connectivity index (χ1v) is 7.44. The Labute approximate surface area is 129 Å². The standard InChI is InChI=1S/C12H5Br2IO2/c13-7-4-11-12(5-8(7)14)17-10-3-6(15)1-2-9(10)16-11/h1-5H/i15-2. The van der Waals surface area contributed by atoms with E-state index in [0.717, 1.165) is 29.8 Å². The van der Waals surface area contributed by atoms with E-state index >= 15 is 0 Å². The lowest BCUT2D eigenvalue weighted by Crippen LogP contribution is -1.99. The zero-order chi connectivity index (χ0) is 12.0. The molecule has 2 aromatic rings. The first-order valence-electron chi connectivity index (χ1n) is 4.78. The Morgan fingerprint density at radius 2 is 1.29 bits per heavy atom. The van der Waals surface area contributed by atoms with E-state index in [-0.39, 0.29) is 0 Å². The van der Waals surface area contributed by atoms with Crippen molar-refractivity contribution in [2.24, 2.45) is 0 Å². The molecule has 1 aliphatic rings. The topological polar surface area (TPSA) is 18.5 Å². The van der Waals surface area contributed by atoms with Gasteiger partial charge in [-0.25, -0.2) is 0 Å². The molecule has 0 atom stereocenters. The van der Waals surface area contributed by atoms with Crippen molar-refractivity contribution in [3.8, 4) is 23.0 Å². The molecule has 0 bridgehead atoms. The highest BCUT2D eigenvalue weighted by atomic mass is 125. The second-order valence-electron chi connectivity index (χ2n) is 3.51. The largest absolute Gasteiger partial charge is 0.449 e. The SMILES string of the molecule is Brc1cc2c(cc1Br)Oc1cc([125I])ccc1O2. The van der Waals surface area contributed by atoms with Gasteiger partial charge in [-0.15, -0.1) is 0 Å². The number of ether oxygens (including phenoxy) is 2. The van der Waals surface area contributed by atoms with Gasteiger partial charge in [0, 0.05) is 24.6 Å². The molecular formula is C12H5Br2IO2. The maximum atomic E-state index is 5.81. The van der Waals surface area contributed by atoms with Crippen LogP contribution in [0.25, 0.3) is 0 Å². The first kappa shape index (κ1) is 11.8. The summed E-state index contributed by atoms with van der Waals surface area (Å²) in [6, 6.07) is 9.63. The third kappa shape index (κ3) is 2.20. The summed E-state index contributed by atoms with van der Waals surface area (Å²) >= 11 is 9.13. The first-order chi connectivity index (χ1) is 8.13. The van der Waals surface area contributed by atoms with Gasteiger partial charge < -0.3 is 9.47 Å². The Morgan fingerprint density at radius 1 is 0.765 bits per heavy atom. The van der Waals surface area contributed by atoms with Crippen molar-refractivity contribution in [1.82, 2.24) is 0 Å². The Kier molecular flexibility index (Phi) is 3.08. The third-order valence-electron chi connectivity index (χ3n) is 2.33. The maximum absolute atomic E-state index is 5.81. The molecule has 0 amide bonds. The highest BCUT2D eigenvalue weighted by Crippen LogP contribution is 2.48. The van der Waals surface area contributed by atoms with E-state index in [4.69, 9.17) is 9.47 Å². The summed E-state index contributed by atoms with van der Waals surface area (Å²) < 4.78 is 14.6. The van der Waals surface area contributed by atoms with Crippen LogP contribution in [0.2, 0.25) is 0 Å². The molecule has 0 aromatic heterocycles. The van der Waals surface area contributed by atoms with Crippen LogP contribution in [-0.4, -0.2) is 0 Å². The zero-order valence-electron chi connectivity index (χ0n) is 8.34. The molecule has 0 radical (unpaired) electrons. The fraction of sp³-hybridized carbons (Fsp3) is 0. The molecule has 86 valence electrons. The Balaban J connectivity index is 2.11. The van der Waals surface area contributed by atoms with Gasteiger partial charge >= 0.3 is 0 Å². The van der Waals surface area contributed by atoms with Crippen molar-refractivity contribution in [3.05, 3.63) is 42.8 Å². The van der Waals surface area contributed by atoms with Crippen LogP contribution >= 0.6 is 54.5 Å². The minimum atomic E-state index is 0.716.